The molecule has 0 rings (SSSR count). The van der Waals surface area contributed by atoms with E-state index in [0.29, 0.717) is 0 Å². The van der Waals surface area contributed by atoms with Gasteiger partial charge >= 0.3 is 35.8 Å². The number of aliphatic carboxylic acids is 5. The molecule has 0 radical (unpaired) electrons. The summed E-state index contributed by atoms with van der Waals surface area (Å²) in [6, 6.07) is 0. The summed E-state index contributed by atoms with van der Waals surface area (Å²) >= 11 is 13.4. The molecule has 4 atom stereocenters. The predicted molar refractivity (Wildman–Crippen MR) is 197 cm³/mol. The van der Waals surface area contributed by atoms with Crippen LogP contribution in [-0.2, 0) is 33.5 Å². The Morgan fingerprint density at radius 1 is 0.566 bits per heavy atom. The van der Waals surface area contributed by atoms with Gasteiger partial charge < -0.3 is 55.8 Å². The van der Waals surface area contributed by atoms with E-state index in [0.717, 1.165) is 39.0 Å². The SMILES string of the molecule is CC(=CC(C=C(C)C(=O)O)(C=C(C)C(=O)O)C(CO)(CCO)COC(=O)CC(S)C(C(S)CC(=O)O)(C(S)CC(=O)O)C(CO)(CO)CCO)C(=O)O. The van der Waals surface area contributed by atoms with E-state index in [1.165, 1.54) is 0 Å². The lowest BCUT2D eigenvalue weighted by atomic mass is 9.55. The highest BCUT2D eigenvalue weighted by atomic mass is 32.1. The number of carbonyl (C=O) groups excluding carboxylic acids is 1. The van der Waals surface area contributed by atoms with Gasteiger partial charge in [-0.1, -0.05) is 18.2 Å². The summed E-state index contributed by atoms with van der Waals surface area (Å²) in [4.78, 5) is 73.6. The monoisotopic (exact) mass is 814 g/mol. The molecule has 17 nitrogen and oxygen atoms in total. The van der Waals surface area contributed by atoms with Gasteiger partial charge in [0, 0.05) is 67.3 Å². The number of hydrogen-bond acceptors (Lipinski definition) is 15. The van der Waals surface area contributed by atoms with E-state index in [9.17, 15) is 79.8 Å². The molecule has 0 saturated heterocycles. The van der Waals surface area contributed by atoms with Gasteiger partial charge in [0.05, 0.1) is 39.1 Å². The minimum Gasteiger partial charge on any atom is -0.481 e. The number of carboxylic acids is 5. The van der Waals surface area contributed by atoms with Crippen LogP contribution in [0, 0.1) is 21.7 Å². The van der Waals surface area contributed by atoms with E-state index in [1.807, 2.05) is 0 Å². The summed E-state index contributed by atoms with van der Waals surface area (Å²) in [5.41, 5.74) is -9.69. The van der Waals surface area contributed by atoms with Crippen molar-refractivity contribution in [1.82, 2.24) is 0 Å². The van der Waals surface area contributed by atoms with E-state index >= 15 is 0 Å². The van der Waals surface area contributed by atoms with E-state index < -0.39 is 162 Å². The molecular formula is C33H50O17S3. The number of ether oxygens (including phenoxy) is 1. The maximum atomic E-state index is 13.7. The van der Waals surface area contributed by atoms with Crippen LogP contribution in [0.25, 0.3) is 0 Å². The van der Waals surface area contributed by atoms with Crippen LogP contribution in [0.1, 0.15) is 52.9 Å². The maximum Gasteiger partial charge on any atom is 0.330 e. The standard InChI is InChI=1S/C33H50O17S3/c1-18(27(44)45)11-32(12-19(2)28(46)47,13-20(3)29(48)49)31(16-38,5-7-35)17-50-26(43)10-23(53)33(21(51)8-24(39)40,22(52)9-25(41)42)30(14-36,15-37)4-6-34/h11-13,21-23,34-38,51-53H,4-10,14-17H2,1-3H3,(H,39,40)(H,41,42)(H,44,45)(H,46,47)(H,48,49). The third-order valence-corrected chi connectivity index (χ3v) is 11.4. The van der Waals surface area contributed by atoms with Gasteiger partial charge in [-0.3, -0.25) is 14.4 Å². The maximum absolute atomic E-state index is 13.7. The molecule has 20 heteroatoms. The van der Waals surface area contributed by atoms with Gasteiger partial charge in [0.2, 0.25) is 0 Å². The minimum atomic E-state index is -2.19. The van der Waals surface area contributed by atoms with Crippen molar-refractivity contribution in [2.75, 3.05) is 39.6 Å². The zero-order chi connectivity index (χ0) is 41.5. The molecule has 0 aromatic rings. The summed E-state index contributed by atoms with van der Waals surface area (Å²) in [6.45, 7) is -2.22. The fourth-order valence-electron chi connectivity index (χ4n) is 6.65. The predicted octanol–water partition coefficient (Wildman–Crippen LogP) is 0.544. The lowest BCUT2D eigenvalue weighted by Crippen LogP contribution is -2.63. The lowest BCUT2D eigenvalue weighted by molar-refractivity contribution is -0.154. The van der Waals surface area contributed by atoms with Crippen LogP contribution >= 0.6 is 37.9 Å². The average Bonchev–Trinajstić information content (AvgIpc) is 3.05. The number of aliphatic hydroxyl groups is 5. The van der Waals surface area contributed by atoms with E-state index in [2.05, 4.69) is 37.9 Å². The number of hydrogen-bond donors (Lipinski definition) is 13. The first-order valence-electron chi connectivity index (χ1n) is 15.9. The van der Waals surface area contributed by atoms with Crippen molar-refractivity contribution in [2.45, 2.75) is 68.6 Å². The van der Waals surface area contributed by atoms with E-state index in [4.69, 9.17) is 4.74 Å². The van der Waals surface area contributed by atoms with Crippen LogP contribution < -0.4 is 0 Å². The Balaban J connectivity index is 7.80. The quantitative estimate of drug-likeness (QED) is 0.0322. The molecule has 4 unspecified atom stereocenters. The van der Waals surface area contributed by atoms with Gasteiger partial charge in [-0.2, -0.15) is 37.9 Å². The third-order valence-electron chi connectivity index (χ3n) is 9.56. The lowest BCUT2D eigenvalue weighted by Gasteiger charge is -2.57. The van der Waals surface area contributed by atoms with Crippen LogP contribution in [0.3, 0.4) is 0 Å². The van der Waals surface area contributed by atoms with Crippen LogP contribution in [0.5, 0.6) is 0 Å². The second-order valence-corrected chi connectivity index (χ2v) is 14.7. The number of thiol groups is 3. The average molecular weight is 815 g/mol. The van der Waals surface area contributed by atoms with Crippen molar-refractivity contribution in [2.24, 2.45) is 21.7 Å². The Hall–Kier alpha value is -3.11. The van der Waals surface area contributed by atoms with Crippen molar-refractivity contribution < 1.29 is 84.6 Å². The fourth-order valence-corrected chi connectivity index (χ4v) is 9.36. The van der Waals surface area contributed by atoms with Gasteiger partial charge in [0.25, 0.3) is 0 Å². The second-order valence-electron chi connectivity index (χ2n) is 12.9. The molecule has 0 saturated carbocycles. The van der Waals surface area contributed by atoms with E-state index in [1.54, 1.807) is 0 Å². The molecule has 0 aliphatic carbocycles. The molecule has 0 heterocycles. The van der Waals surface area contributed by atoms with E-state index in [-0.39, 0.29) is 0 Å². The van der Waals surface area contributed by atoms with Gasteiger partial charge in [-0.15, -0.1) is 0 Å². The summed E-state index contributed by atoms with van der Waals surface area (Å²) < 4.78 is 5.56. The number of carbonyl (C=O) groups is 6. The summed E-state index contributed by atoms with van der Waals surface area (Å²) in [5.74, 6) is -8.68. The topological polar surface area (TPSA) is 314 Å². The molecule has 0 aliphatic rings. The Morgan fingerprint density at radius 3 is 1.17 bits per heavy atom. The Kier molecular flexibility index (Phi) is 20.4. The largest absolute Gasteiger partial charge is 0.481 e. The molecule has 0 aromatic carbocycles. The Bertz CT molecular complexity index is 1320. The molecule has 0 aromatic heterocycles. The van der Waals surface area contributed by atoms with Crippen LogP contribution in [0.15, 0.2) is 34.9 Å². The number of esters is 1. The van der Waals surface area contributed by atoms with Crippen molar-refractivity contribution in [3.05, 3.63) is 34.9 Å². The Morgan fingerprint density at radius 2 is 0.887 bits per heavy atom. The van der Waals surface area contributed by atoms with Crippen molar-refractivity contribution >= 4 is 73.7 Å². The van der Waals surface area contributed by atoms with Gasteiger partial charge in [0.15, 0.2) is 0 Å². The minimum absolute atomic E-state index is 0.457. The highest BCUT2D eigenvalue weighted by molar-refractivity contribution is 7.83. The Labute approximate surface area is 322 Å². The highest BCUT2D eigenvalue weighted by Crippen LogP contribution is 2.57. The van der Waals surface area contributed by atoms with Gasteiger partial charge in [0.1, 0.15) is 6.61 Å². The fraction of sp³-hybridized carbons (Fsp3) is 0.636. The number of aliphatic hydroxyl groups excluding tert-OH is 5. The molecule has 0 bridgehead atoms. The molecule has 0 aliphatic heterocycles. The zero-order valence-electron chi connectivity index (χ0n) is 29.4. The molecule has 0 amide bonds. The summed E-state index contributed by atoms with van der Waals surface area (Å²) in [7, 11) is 0. The summed E-state index contributed by atoms with van der Waals surface area (Å²) in [6.07, 6.45) is -0.703. The van der Waals surface area contributed by atoms with Gasteiger partial charge in [-0.25, -0.2) is 14.4 Å². The zero-order valence-corrected chi connectivity index (χ0v) is 32.1. The molecule has 10 N–H and O–H groups in total. The molecule has 302 valence electrons. The first kappa shape index (κ1) is 49.9. The number of rotatable bonds is 26. The van der Waals surface area contributed by atoms with Crippen LogP contribution in [0.2, 0.25) is 0 Å². The number of carboxylic acid groups (broad SMARTS) is 5. The normalized spacial score (nSPS) is 18.1. The first-order valence-corrected chi connectivity index (χ1v) is 17.5. The third kappa shape index (κ3) is 11.9. The molecule has 0 spiro atoms. The van der Waals surface area contributed by atoms with Crippen LogP contribution in [0.4, 0.5) is 0 Å². The molecular weight excluding hydrogens is 765 g/mol. The number of allylic oxidation sites excluding steroid dienone is 3. The second kappa shape index (κ2) is 21.7. The first-order chi connectivity index (χ1) is 24.5. The van der Waals surface area contributed by atoms with Crippen LogP contribution in [-0.4, -0.2) is 142 Å². The molecule has 53 heavy (non-hydrogen) atoms. The van der Waals surface area contributed by atoms with Crippen molar-refractivity contribution in [1.29, 1.82) is 0 Å². The molecule has 0 fully saturated rings. The smallest absolute Gasteiger partial charge is 0.330 e. The van der Waals surface area contributed by atoms with Gasteiger partial charge in [-0.05, 0) is 33.6 Å². The van der Waals surface area contributed by atoms with Crippen molar-refractivity contribution in [3.63, 3.8) is 0 Å². The highest BCUT2D eigenvalue weighted by Gasteiger charge is 2.61. The summed E-state index contributed by atoms with van der Waals surface area (Å²) in [5, 5.41) is 96.4. The van der Waals surface area contributed by atoms with Crippen molar-refractivity contribution in [3.8, 4) is 0 Å².